The van der Waals surface area contributed by atoms with E-state index in [1.54, 1.807) is 19.2 Å². The Morgan fingerprint density at radius 2 is 2.27 bits per heavy atom. The number of carbonyl (C=O) groups excluding carboxylic acids is 2. The van der Waals surface area contributed by atoms with Gasteiger partial charge in [0.1, 0.15) is 0 Å². The molecule has 1 aromatic heterocycles. The third-order valence-electron chi connectivity index (χ3n) is 4.21. The van der Waals surface area contributed by atoms with Crippen LogP contribution in [0.5, 0.6) is 5.88 Å². The lowest BCUT2D eigenvalue weighted by molar-refractivity contribution is 0.0634. The van der Waals surface area contributed by atoms with Crippen LogP contribution in [0.2, 0.25) is 0 Å². The minimum absolute atomic E-state index is 0.0228. The van der Waals surface area contributed by atoms with Crippen molar-refractivity contribution in [2.45, 2.75) is 18.9 Å². The molecule has 0 aromatic carbocycles. The Balaban J connectivity index is 1.68. The van der Waals surface area contributed by atoms with E-state index < -0.39 is 0 Å². The number of ether oxygens (including phenoxy) is 1. The molecular weight excluding hydrogens is 284 g/mol. The van der Waals surface area contributed by atoms with Crippen LogP contribution in [0, 0.1) is 0 Å². The molecule has 0 radical (unpaired) electrons. The minimum atomic E-state index is -0.0422. The molecule has 2 aliphatic rings. The zero-order chi connectivity index (χ0) is 15.5. The van der Waals surface area contributed by atoms with Gasteiger partial charge in [-0.3, -0.25) is 4.79 Å². The van der Waals surface area contributed by atoms with Crippen molar-refractivity contribution >= 4 is 11.9 Å². The number of likely N-dealkylation sites (tertiary alicyclic amines) is 1. The van der Waals surface area contributed by atoms with Crippen molar-refractivity contribution in [1.82, 2.24) is 20.1 Å². The van der Waals surface area contributed by atoms with Crippen LogP contribution in [0.1, 0.15) is 23.2 Å². The van der Waals surface area contributed by atoms with Gasteiger partial charge in [-0.2, -0.15) is 0 Å². The number of carbonyl (C=O) groups is 2. The Labute approximate surface area is 129 Å². The molecule has 22 heavy (non-hydrogen) atoms. The molecule has 3 rings (SSSR count). The number of aromatic nitrogens is 1. The van der Waals surface area contributed by atoms with Crippen LogP contribution in [0.15, 0.2) is 18.3 Å². The molecule has 1 N–H and O–H groups in total. The fourth-order valence-electron chi connectivity index (χ4n) is 3.04. The Bertz CT molecular complexity index is 560. The van der Waals surface area contributed by atoms with Crippen LogP contribution < -0.4 is 10.1 Å². The Hall–Kier alpha value is -2.31. The third kappa shape index (κ3) is 2.84. The molecule has 0 unspecified atom stereocenters. The van der Waals surface area contributed by atoms with E-state index in [1.165, 1.54) is 6.20 Å². The molecular formula is C15H20N4O3. The fraction of sp³-hybridized carbons (Fsp3) is 0.533. The molecule has 3 heterocycles. The maximum atomic E-state index is 12.6. The van der Waals surface area contributed by atoms with Gasteiger partial charge in [-0.05, 0) is 18.9 Å². The first kappa shape index (κ1) is 14.6. The van der Waals surface area contributed by atoms with Crippen LogP contribution in [0.25, 0.3) is 0 Å². The van der Waals surface area contributed by atoms with E-state index in [0.29, 0.717) is 24.5 Å². The van der Waals surface area contributed by atoms with Crippen LogP contribution in [0.3, 0.4) is 0 Å². The summed E-state index contributed by atoms with van der Waals surface area (Å²) >= 11 is 0. The molecule has 0 saturated carbocycles. The van der Waals surface area contributed by atoms with Crippen molar-refractivity contribution < 1.29 is 14.3 Å². The number of pyridine rings is 1. The summed E-state index contributed by atoms with van der Waals surface area (Å²) < 4.78 is 5.00. The van der Waals surface area contributed by atoms with Gasteiger partial charge in [-0.1, -0.05) is 0 Å². The monoisotopic (exact) mass is 304 g/mol. The average Bonchev–Trinajstić information content (AvgIpc) is 3.00. The Kier molecular flexibility index (Phi) is 4.13. The predicted octanol–water partition coefficient (Wildman–Crippen LogP) is 0.720. The van der Waals surface area contributed by atoms with Gasteiger partial charge in [0.15, 0.2) is 0 Å². The van der Waals surface area contributed by atoms with Crippen molar-refractivity contribution in [3.63, 3.8) is 0 Å². The number of methoxy groups -OCH3 is 1. The minimum Gasteiger partial charge on any atom is -0.481 e. The van der Waals surface area contributed by atoms with Gasteiger partial charge in [-0.15, -0.1) is 0 Å². The van der Waals surface area contributed by atoms with Crippen molar-refractivity contribution in [2.75, 3.05) is 33.3 Å². The largest absolute Gasteiger partial charge is 0.481 e. The zero-order valence-corrected chi connectivity index (χ0v) is 12.6. The highest BCUT2D eigenvalue weighted by molar-refractivity contribution is 5.94. The smallest absolute Gasteiger partial charge is 0.317 e. The van der Waals surface area contributed by atoms with Crippen molar-refractivity contribution in [3.8, 4) is 5.88 Å². The first-order valence-corrected chi connectivity index (χ1v) is 7.53. The lowest BCUT2D eigenvalue weighted by Gasteiger charge is -2.37. The molecule has 118 valence electrons. The number of rotatable bonds is 3. The van der Waals surface area contributed by atoms with Gasteiger partial charge in [0.2, 0.25) is 5.88 Å². The third-order valence-corrected chi connectivity index (χ3v) is 4.21. The molecule has 2 saturated heterocycles. The number of piperidine rings is 1. The van der Waals surface area contributed by atoms with E-state index in [4.69, 9.17) is 4.74 Å². The maximum absolute atomic E-state index is 12.6. The van der Waals surface area contributed by atoms with Crippen LogP contribution in [0.4, 0.5) is 4.79 Å². The number of amides is 3. The lowest BCUT2D eigenvalue weighted by Crippen LogP contribution is -2.50. The van der Waals surface area contributed by atoms with Gasteiger partial charge < -0.3 is 19.9 Å². The van der Waals surface area contributed by atoms with Gasteiger partial charge in [0, 0.05) is 38.4 Å². The molecule has 1 aromatic rings. The van der Waals surface area contributed by atoms with Gasteiger partial charge >= 0.3 is 6.03 Å². The van der Waals surface area contributed by atoms with Crippen LogP contribution >= 0.6 is 0 Å². The fourth-order valence-corrected chi connectivity index (χ4v) is 3.04. The SMILES string of the molecule is COc1ccc(C(=O)N2CCC[C@H](N3CCNC3=O)C2)cn1. The number of hydrogen-bond acceptors (Lipinski definition) is 4. The van der Waals surface area contributed by atoms with E-state index >= 15 is 0 Å². The van der Waals surface area contributed by atoms with Crippen molar-refractivity contribution in [3.05, 3.63) is 23.9 Å². The number of nitrogens with zero attached hydrogens (tertiary/aromatic N) is 3. The molecule has 2 fully saturated rings. The van der Waals surface area contributed by atoms with E-state index in [1.807, 2.05) is 9.80 Å². The first-order valence-electron chi connectivity index (χ1n) is 7.53. The topological polar surface area (TPSA) is 74.8 Å². The second kappa shape index (κ2) is 6.21. The second-order valence-corrected chi connectivity index (χ2v) is 5.56. The van der Waals surface area contributed by atoms with Crippen molar-refractivity contribution in [2.24, 2.45) is 0 Å². The molecule has 7 nitrogen and oxygen atoms in total. The quantitative estimate of drug-likeness (QED) is 0.893. The second-order valence-electron chi connectivity index (χ2n) is 5.56. The van der Waals surface area contributed by atoms with Gasteiger partial charge in [-0.25, -0.2) is 9.78 Å². The molecule has 0 aliphatic carbocycles. The highest BCUT2D eigenvalue weighted by Gasteiger charge is 2.33. The van der Waals surface area contributed by atoms with Gasteiger partial charge in [0.25, 0.3) is 5.91 Å². The standard InChI is InChI=1S/C15H20N4O3/c1-22-13-5-4-11(9-17-13)14(20)18-7-2-3-12(10-18)19-8-6-16-15(19)21/h4-5,9,12H,2-3,6-8,10H2,1H3,(H,16,21)/t12-/m0/s1. The highest BCUT2D eigenvalue weighted by Crippen LogP contribution is 2.19. The predicted molar refractivity (Wildman–Crippen MR) is 79.8 cm³/mol. The summed E-state index contributed by atoms with van der Waals surface area (Å²) in [4.78, 5) is 32.1. The highest BCUT2D eigenvalue weighted by atomic mass is 16.5. The summed E-state index contributed by atoms with van der Waals surface area (Å²) in [6, 6.07) is 3.49. The van der Waals surface area contributed by atoms with Gasteiger partial charge in [0.05, 0.1) is 18.7 Å². The summed E-state index contributed by atoms with van der Waals surface area (Å²) in [5.74, 6) is 0.446. The lowest BCUT2D eigenvalue weighted by atomic mass is 10.0. The molecule has 0 spiro atoms. The van der Waals surface area contributed by atoms with Crippen LogP contribution in [-0.4, -0.2) is 66.1 Å². The molecule has 7 heteroatoms. The van der Waals surface area contributed by atoms with Crippen LogP contribution in [-0.2, 0) is 0 Å². The van der Waals surface area contributed by atoms with E-state index in [0.717, 1.165) is 25.9 Å². The molecule has 0 bridgehead atoms. The zero-order valence-electron chi connectivity index (χ0n) is 12.6. The molecule has 2 aliphatic heterocycles. The summed E-state index contributed by atoms with van der Waals surface area (Å²) in [5.41, 5.74) is 0.548. The van der Waals surface area contributed by atoms with Crippen molar-refractivity contribution in [1.29, 1.82) is 0 Å². The summed E-state index contributed by atoms with van der Waals surface area (Å²) in [6.45, 7) is 2.70. The first-order chi connectivity index (χ1) is 10.7. The average molecular weight is 304 g/mol. The summed E-state index contributed by atoms with van der Waals surface area (Å²) in [7, 11) is 1.54. The van der Waals surface area contributed by atoms with E-state index in [2.05, 4.69) is 10.3 Å². The Morgan fingerprint density at radius 1 is 1.41 bits per heavy atom. The maximum Gasteiger partial charge on any atom is 0.317 e. The Morgan fingerprint density at radius 3 is 2.91 bits per heavy atom. The summed E-state index contributed by atoms with van der Waals surface area (Å²) in [6.07, 6.45) is 3.38. The van der Waals surface area contributed by atoms with E-state index in [9.17, 15) is 9.59 Å². The number of hydrogen-bond donors (Lipinski definition) is 1. The number of urea groups is 1. The normalized spacial score (nSPS) is 21.7. The van der Waals surface area contributed by atoms with E-state index in [-0.39, 0.29) is 18.0 Å². The summed E-state index contributed by atoms with van der Waals surface area (Å²) in [5, 5.41) is 2.81. The molecule has 3 amide bonds. The number of nitrogens with one attached hydrogen (secondary N) is 1. The molecule has 1 atom stereocenters.